The standard InChI is InChI=1S/C45H60O6/c1(8-35-29-46-30-35)4-25-49-42-18-12-38(13-19-42)39-11-7-24-45(28-39,40-14-20-43(21-15-40)50-26-5-2-9-36-31-47-32-36)41-16-22-44(23-17-41)51-27-6-3-10-37-33-48-34-37/h12-23,35-37,39H,1-11,24-34H2. The van der Waals surface area contributed by atoms with Gasteiger partial charge in [-0.15, -0.1) is 0 Å². The van der Waals surface area contributed by atoms with Crippen LogP contribution in [0.25, 0.3) is 0 Å². The molecule has 51 heavy (non-hydrogen) atoms. The molecule has 1 aliphatic carbocycles. The molecule has 3 aromatic carbocycles. The van der Waals surface area contributed by atoms with Crippen LogP contribution in [0.1, 0.15) is 106 Å². The molecule has 3 saturated heterocycles. The molecule has 0 radical (unpaired) electrons. The Bertz CT molecular complexity index is 1360. The Morgan fingerprint density at radius 2 is 0.882 bits per heavy atom. The lowest BCUT2D eigenvalue weighted by Crippen LogP contribution is -2.33. The van der Waals surface area contributed by atoms with E-state index in [0.29, 0.717) is 5.92 Å². The molecular formula is C45H60O6. The van der Waals surface area contributed by atoms with E-state index in [1.807, 2.05) is 0 Å². The third kappa shape index (κ3) is 10.1. The van der Waals surface area contributed by atoms with Crippen LogP contribution in [0.4, 0.5) is 0 Å². The molecule has 0 bridgehead atoms. The van der Waals surface area contributed by atoms with E-state index >= 15 is 0 Å². The SMILES string of the molecule is c1cc(C2CCCC(c3ccc(OCCCCC4COC4)cc3)(c3ccc(OCCCCC4COC4)cc3)C2)ccc1OCCCCC1COC1. The Morgan fingerprint density at radius 3 is 1.25 bits per heavy atom. The van der Waals surface area contributed by atoms with Crippen LogP contribution in [0.3, 0.4) is 0 Å². The predicted octanol–water partition coefficient (Wildman–Crippen LogP) is 9.92. The van der Waals surface area contributed by atoms with Gasteiger partial charge in [-0.25, -0.2) is 0 Å². The summed E-state index contributed by atoms with van der Waals surface area (Å²) in [6, 6.07) is 27.1. The zero-order valence-electron chi connectivity index (χ0n) is 30.7. The van der Waals surface area contributed by atoms with Crippen LogP contribution in [0.15, 0.2) is 72.8 Å². The van der Waals surface area contributed by atoms with Crippen molar-refractivity contribution in [2.24, 2.45) is 17.8 Å². The van der Waals surface area contributed by atoms with Gasteiger partial charge in [-0.1, -0.05) is 42.8 Å². The molecule has 0 aromatic heterocycles. The first kappa shape index (κ1) is 36.3. The third-order valence-corrected chi connectivity index (χ3v) is 11.9. The van der Waals surface area contributed by atoms with Crippen LogP contribution in [0.5, 0.6) is 17.2 Å². The van der Waals surface area contributed by atoms with Crippen LogP contribution in [-0.4, -0.2) is 59.5 Å². The Kier molecular flexibility index (Phi) is 13.3. The van der Waals surface area contributed by atoms with Crippen molar-refractivity contribution >= 4 is 0 Å². The van der Waals surface area contributed by atoms with Crippen LogP contribution in [-0.2, 0) is 19.6 Å². The molecule has 3 heterocycles. The first-order valence-corrected chi connectivity index (χ1v) is 20.2. The van der Waals surface area contributed by atoms with Gasteiger partial charge in [-0.2, -0.15) is 0 Å². The lowest BCUT2D eigenvalue weighted by Gasteiger charge is -2.42. The highest BCUT2D eigenvalue weighted by Crippen LogP contribution is 2.50. The predicted molar refractivity (Wildman–Crippen MR) is 202 cm³/mol. The minimum Gasteiger partial charge on any atom is -0.494 e. The lowest BCUT2D eigenvalue weighted by atomic mass is 9.61. The molecule has 6 heteroatoms. The Hall–Kier alpha value is -3.06. The summed E-state index contributed by atoms with van der Waals surface area (Å²) in [5.41, 5.74) is 4.10. The van der Waals surface area contributed by atoms with Gasteiger partial charge in [-0.05, 0) is 136 Å². The van der Waals surface area contributed by atoms with Gasteiger partial charge in [0.15, 0.2) is 0 Å². The van der Waals surface area contributed by atoms with Gasteiger partial charge < -0.3 is 28.4 Å². The van der Waals surface area contributed by atoms with E-state index < -0.39 is 0 Å². The van der Waals surface area contributed by atoms with Crippen molar-refractivity contribution in [1.82, 2.24) is 0 Å². The van der Waals surface area contributed by atoms with E-state index in [1.165, 1.54) is 68.1 Å². The zero-order valence-corrected chi connectivity index (χ0v) is 30.7. The van der Waals surface area contributed by atoms with Crippen molar-refractivity contribution in [3.63, 3.8) is 0 Å². The molecule has 3 aromatic rings. The van der Waals surface area contributed by atoms with Crippen LogP contribution < -0.4 is 14.2 Å². The minimum atomic E-state index is -0.0731. The van der Waals surface area contributed by atoms with Crippen molar-refractivity contribution in [3.8, 4) is 17.2 Å². The van der Waals surface area contributed by atoms with Crippen LogP contribution in [0, 0.1) is 17.8 Å². The molecule has 6 nitrogen and oxygen atoms in total. The second-order valence-electron chi connectivity index (χ2n) is 15.7. The number of benzene rings is 3. The molecule has 276 valence electrons. The van der Waals surface area contributed by atoms with Crippen LogP contribution >= 0.6 is 0 Å². The van der Waals surface area contributed by atoms with Gasteiger partial charge in [0, 0.05) is 23.2 Å². The Labute approximate surface area is 306 Å². The summed E-state index contributed by atoms with van der Waals surface area (Å²) >= 11 is 0. The van der Waals surface area contributed by atoms with E-state index in [-0.39, 0.29) is 5.41 Å². The third-order valence-electron chi connectivity index (χ3n) is 11.9. The quantitative estimate of drug-likeness (QED) is 0.103. The smallest absolute Gasteiger partial charge is 0.119 e. The summed E-state index contributed by atoms with van der Waals surface area (Å²) in [6.07, 6.45) is 15.3. The van der Waals surface area contributed by atoms with Crippen molar-refractivity contribution < 1.29 is 28.4 Å². The molecule has 1 saturated carbocycles. The van der Waals surface area contributed by atoms with Crippen molar-refractivity contribution in [1.29, 1.82) is 0 Å². The monoisotopic (exact) mass is 696 g/mol. The molecule has 7 rings (SSSR count). The summed E-state index contributed by atoms with van der Waals surface area (Å²) in [4.78, 5) is 0. The van der Waals surface area contributed by atoms with Gasteiger partial charge in [0.25, 0.3) is 0 Å². The molecular weight excluding hydrogens is 636 g/mol. The maximum absolute atomic E-state index is 6.20. The Morgan fingerprint density at radius 1 is 0.490 bits per heavy atom. The molecule has 0 N–H and O–H groups in total. The number of rotatable bonds is 21. The average Bonchev–Trinajstić information content (AvgIpc) is 3.11. The second-order valence-corrected chi connectivity index (χ2v) is 15.7. The van der Waals surface area contributed by atoms with Crippen molar-refractivity contribution in [3.05, 3.63) is 89.5 Å². The molecule has 3 aliphatic heterocycles. The van der Waals surface area contributed by atoms with Gasteiger partial charge in [0.1, 0.15) is 17.2 Å². The van der Waals surface area contributed by atoms with Gasteiger partial charge in [0.2, 0.25) is 0 Å². The maximum Gasteiger partial charge on any atom is 0.119 e. The lowest BCUT2D eigenvalue weighted by molar-refractivity contribution is -0.0367. The first-order valence-electron chi connectivity index (χ1n) is 20.2. The van der Waals surface area contributed by atoms with E-state index in [4.69, 9.17) is 28.4 Å². The maximum atomic E-state index is 6.20. The van der Waals surface area contributed by atoms with Gasteiger partial charge in [-0.3, -0.25) is 0 Å². The summed E-state index contributed by atoms with van der Waals surface area (Å²) in [7, 11) is 0. The molecule has 4 fully saturated rings. The highest BCUT2D eigenvalue weighted by atomic mass is 16.5. The van der Waals surface area contributed by atoms with E-state index in [2.05, 4.69) is 72.8 Å². The molecule has 1 unspecified atom stereocenters. The summed E-state index contributed by atoms with van der Waals surface area (Å²) in [6.45, 7) is 7.97. The normalized spacial score (nSPS) is 20.6. The molecule has 0 amide bonds. The number of hydrogen-bond acceptors (Lipinski definition) is 6. The number of ether oxygens (including phenoxy) is 6. The number of unbranched alkanes of at least 4 members (excludes halogenated alkanes) is 3. The Balaban J connectivity index is 0.985. The molecule has 1 atom stereocenters. The fourth-order valence-electron chi connectivity index (χ4n) is 8.36. The summed E-state index contributed by atoms with van der Waals surface area (Å²) in [5.74, 6) is 5.68. The van der Waals surface area contributed by atoms with E-state index in [1.54, 1.807) is 0 Å². The molecule has 0 spiro atoms. The van der Waals surface area contributed by atoms with E-state index in [0.717, 1.165) is 127 Å². The van der Waals surface area contributed by atoms with Gasteiger partial charge in [0.05, 0.1) is 59.5 Å². The second kappa shape index (κ2) is 18.6. The minimum absolute atomic E-state index is 0.0731. The highest BCUT2D eigenvalue weighted by molar-refractivity contribution is 5.45. The fraction of sp³-hybridized carbons (Fsp3) is 0.600. The first-order chi connectivity index (χ1) is 25.2. The topological polar surface area (TPSA) is 55.4 Å². The van der Waals surface area contributed by atoms with Gasteiger partial charge >= 0.3 is 0 Å². The summed E-state index contributed by atoms with van der Waals surface area (Å²) < 4.78 is 34.5. The largest absolute Gasteiger partial charge is 0.494 e. The zero-order chi connectivity index (χ0) is 34.6. The highest BCUT2D eigenvalue weighted by Gasteiger charge is 2.40. The average molecular weight is 697 g/mol. The summed E-state index contributed by atoms with van der Waals surface area (Å²) in [5, 5.41) is 0. The fourth-order valence-corrected chi connectivity index (χ4v) is 8.36. The van der Waals surface area contributed by atoms with E-state index in [9.17, 15) is 0 Å². The van der Waals surface area contributed by atoms with Crippen molar-refractivity contribution in [2.75, 3.05) is 59.5 Å². The van der Waals surface area contributed by atoms with Crippen LogP contribution in [0.2, 0.25) is 0 Å². The van der Waals surface area contributed by atoms with Crippen molar-refractivity contribution in [2.45, 2.75) is 94.8 Å². The molecule has 4 aliphatic rings. The number of hydrogen-bond donors (Lipinski definition) is 0.